The third-order valence-electron chi connectivity index (χ3n) is 4.98. The van der Waals surface area contributed by atoms with Crippen LogP contribution in [0.4, 0.5) is 10.1 Å². The number of nitrogens with zero attached hydrogens (tertiary/aromatic N) is 1. The summed E-state index contributed by atoms with van der Waals surface area (Å²) in [5.41, 5.74) is 3.39. The van der Waals surface area contributed by atoms with Crippen molar-refractivity contribution in [1.82, 2.24) is 4.57 Å². The number of nitrogens with one attached hydrogen (secondary N) is 1. The van der Waals surface area contributed by atoms with Gasteiger partial charge in [0.15, 0.2) is 0 Å². The standard InChI is InChI=1S/C24H21FN2O3S/c1-16-11-17(2)13-19(12-16)26-24(28)15-27-14-23(21-5-3-4-6-22(21)27)31(29,30)20-9-7-18(25)8-10-20/h3-14H,15H2,1-2H3,(H,26,28). The van der Waals surface area contributed by atoms with E-state index in [2.05, 4.69) is 5.32 Å². The highest BCUT2D eigenvalue weighted by molar-refractivity contribution is 7.91. The lowest BCUT2D eigenvalue weighted by molar-refractivity contribution is -0.116. The van der Waals surface area contributed by atoms with Crippen LogP contribution >= 0.6 is 0 Å². The highest BCUT2D eigenvalue weighted by Crippen LogP contribution is 2.30. The predicted octanol–water partition coefficient (Wildman–Crippen LogP) is 4.87. The van der Waals surface area contributed by atoms with Gasteiger partial charge in [-0.1, -0.05) is 24.3 Å². The summed E-state index contributed by atoms with van der Waals surface area (Å²) in [6, 6.07) is 17.5. The summed E-state index contributed by atoms with van der Waals surface area (Å²) in [5.74, 6) is -0.777. The fourth-order valence-electron chi connectivity index (χ4n) is 3.70. The molecule has 0 atom stereocenters. The van der Waals surface area contributed by atoms with Crippen molar-refractivity contribution in [2.45, 2.75) is 30.2 Å². The maximum Gasteiger partial charge on any atom is 0.244 e. The molecule has 0 fully saturated rings. The number of benzene rings is 3. The van der Waals surface area contributed by atoms with Crippen molar-refractivity contribution in [3.63, 3.8) is 0 Å². The van der Waals surface area contributed by atoms with Gasteiger partial charge in [-0.2, -0.15) is 0 Å². The average molecular weight is 437 g/mol. The third kappa shape index (κ3) is 4.22. The van der Waals surface area contributed by atoms with Gasteiger partial charge in [0, 0.05) is 22.8 Å². The zero-order chi connectivity index (χ0) is 22.2. The summed E-state index contributed by atoms with van der Waals surface area (Å²) >= 11 is 0. The van der Waals surface area contributed by atoms with Crippen LogP contribution in [0.5, 0.6) is 0 Å². The summed E-state index contributed by atoms with van der Waals surface area (Å²) in [6.45, 7) is 3.86. The van der Waals surface area contributed by atoms with Gasteiger partial charge in [0.05, 0.1) is 9.79 Å². The lowest BCUT2D eigenvalue weighted by Gasteiger charge is -2.09. The van der Waals surface area contributed by atoms with E-state index in [1.165, 1.54) is 18.3 Å². The summed E-state index contributed by atoms with van der Waals surface area (Å²) in [7, 11) is -3.89. The Labute approximate surface area is 180 Å². The topological polar surface area (TPSA) is 68.2 Å². The molecular weight excluding hydrogens is 415 g/mol. The van der Waals surface area contributed by atoms with Crippen LogP contribution < -0.4 is 5.32 Å². The van der Waals surface area contributed by atoms with Gasteiger partial charge in [-0.25, -0.2) is 12.8 Å². The smallest absolute Gasteiger partial charge is 0.244 e. The van der Waals surface area contributed by atoms with Crippen LogP contribution in [0.1, 0.15) is 11.1 Å². The van der Waals surface area contributed by atoms with Gasteiger partial charge in [-0.3, -0.25) is 4.79 Å². The first-order chi connectivity index (χ1) is 14.7. The Balaban J connectivity index is 1.70. The zero-order valence-electron chi connectivity index (χ0n) is 17.1. The molecule has 4 rings (SSSR count). The highest BCUT2D eigenvalue weighted by Gasteiger charge is 2.24. The van der Waals surface area contributed by atoms with E-state index in [9.17, 15) is 17.6 Å². The number of hydrogen-bond acceptors (Lipinski definition) is 3. The molecule has 0 aliphatic rings. The quantitative estimate of drug-likeness (QED) is 0.454. The molecule has 0 radical (unpaired) electrons. The third-order valence-corrected chi connectivity index (χ3v) is 6.78. The van der Waals surface area contributed by atoms with Crippen molar-refractivity contribution in [3.8, 4) is 0 Å². The molecular formula is C24H21FN2O3S. The normalized spacial score (nSPS) is 11.6. The van der Waals surface area contributed by atoms with E-state index in [4.69, 9.17) is 0 Å². The molecule has 0 spiro atoms. The Morgan fingerprint density at radius 1 is 0.968 bits per heavy atom. The zero-order valence-corrected chi connectivity index (χ0v) is 17.9. The Kier molecular flexibility index (Phi) is 5.37. The van der Waals surface area contributed by atoms with Gasteiger partial charge in [-0.15, -0.1) is 0 Å². The second-order valence-corrected chi connectivity index (χ2v) is 9.44. The Bertz CT molecular complexity index is 1370. The molecule has 1 heterocycles. The van der Waals surface area contributed by atoms with Gasteiger partial charge in [0.2, 0.25) is 15.7 Å². The van der Waals surface area contributed by atoms with Crippen LogP contribution in [0.2, 0.25) is 0 Å². The number of aromatic nitrogens is 1. The number of carbonyl (C=O) groups excluding carboxylic acids is 1. The van der Waals surface area contributed by atoms with E-state index in [0.717, 1.165) is 23.3 Å². The largest absolute Gasteiger partial charge is 0.337 e. The number of halogens is 1. The molecule has 158 valence electrons. The van der Waals surface area contributed by atoms with Crippen LogP contribution in [-0.2, 0) is 21.2 Å². The summed E-state index contributed by atoms with van der Waals surface area (Å²) < 4.78 is 41.3. The van der Waals surface area contributed by atoms with Gasteiger partial charge >= 0.3 is 0 Å². The number of rotatable bonds is 5. The Morgan fingerprint density at radius 2 is 1.61 bits per heavy atom. The first-order valence-corrected chi connectivity index (χ1v) is 11.2. The number of amides is 1. The maximum atomic E-state index is 13.3. The molecule has 5 nitrogen and oxygen atoms in total. The van der Waals surface area contributed by atoms with E-state index < -0.39 is 15.7 Å². The Morgan fingerprint density at radius 3 is 2.29 bits per heavy atom. The molecule has 0 saturated carbocycles. The highest BCUT2D eigenvalue weighted by atomic mass is 32.2. The van der Waals surface area contributed by atoms with E-state index in [1.807, 2.05) is 32.0 Å². The number of sulfone groups is 1. The van der Waals surface area contributed by atoms with Crippen molar-refractivity contribution in [1.29, 1.82) is 0 Å². The van der Waals surface area contributed by atoms with Crippen LogP contribution in [0, 0.1) is 19.7 Å². The van der Waals surface area contributed by atoms with Crippen molar-refractivity contribution in [2.75, 3.05) is 5.32 Å². The molecule has 0 aliphatic heterocycles. The predicted molar refractivity (Wildman–Crippen MR) is 118 cm³/mol. The summed E-state index contributed by atoms with van der Waals surface area (Å²) in [4.78, 5) is 12.8. The number of carbonyl (C=O) groups is 1. The minimum atomic E-state index is -3.89. The van der Waals surface area contributed by atoms with Gasteiger partial charge < -0.3 is 9.88 Å². The minimum Gasteiger partial charge on any atom is -0.337 e. The number of para-hydroxylation sites is 1. The number of hydrogen-bond donors (Lipinski definition) is 1. The fraction of sp³-hybridized carbons (Fsp3) is 0.125. The Hall–Kier alpha value is -3.45. The van der Waals surface area contributed by atoms with Gasteiger partial charge in [0.1, 0.15) is 12.4 Å². The molecule has 0 unspecified atom stereocenters. The first kappa shape index (κ1) is 20.8. The van der Waals surface area contributed by atoms with Crippen molar-refractivity contribution in [3.05, 3.63) is 89.9 Å². The van der Waals surface area contributed by atoms with Crippen LogP contribution in [-0.4, -0.2) is 18.9 Å². The fourth-order valence-corrected chi connectivity index (χ4v) is 5.18. The molecule has 31 heavy (non-hydrogen) atoms. The van der Waals surface area contributed by atoms with Crippen LogP contribution in [0.25, 0.3) is 10.9 Å². The summed E-state index contributed by atoms with van der Waals surface area (Å²) in [6.07, 6.45) is 1.46. The van der Waals surface area contributed by atoms with E-state index in [-0.39, 0.29) is 22.2 Å². The first-order valence-electron chi connectivity index (χ1n) is 9.71. The molecule has 7 heteroatoms. The molecule has 0 bridgehead atoms. The molecule has 1 N–H and O–H groups in total. The minimum absolute atomic E-state index is 0.00325. The average Bonchev–Trinajstić information content (AvgIpc) is 3.07. The van der Waals surface area contributed by atoms with E-state index in [0.29, 0.717) is 16.6 Å². The van der Waals surface area contributed by atoms with Crippen molar-refractivity contribution < 1.29 is 17.6 Å². The monoisotopic (exact) mass is 436 g/mol. The lowest BCUT2D eigenvalue weighted by atomic mass is 10.1. The molecule has 4 aromatic rings. The lowest BCUT2D eigenvalue weighted by Crippen LogP contribution is -2.18. The van der Waals surface area contributed by atoms with Crippen LogP contribution in [0.3, 0.4) is 0 Å². The SMILES string of the molecule is Cc1cc(C)cc(NC(=O)Cn2cc(S(=O)(=O)c3ccc(F)cc3)c3ccccc32)c1. The molecule has 1 aromatic heterocycles. The molecule has 3 aromatic carbocycles. The molecule has 0 aliphatic carbocycles. The second kappa shape index (κ2) is 8.00. The van der Waals surface area contributed by atoms with Crippen LogP contribution in [0.15, 0.2) is 82.7 Å². The number of fused-ring (bicyclic) bond motifs is 1. The molecule has 1 amide bonds. The number of aryl methyl sites for hydroxylation is 2. The van der Waals surface area contributed by atoms with E-state index >= 15 is 0 Å². The summed E-state index contributed by atoms with van der Waals surface area (Å²) in [5, 5.41) is 3.38. The van der Waals surface area contributed by atoms with Gasteiger partial charge in [-0.05, 0) is 67.4 Å². The second-order valence-electron chi connectivity index (χ2n) is 7.52. The number of anilines is 1. The van der Waals surface area contributed by atoms with Crippen molar-refractivity contribution in [2.24, 2.45) is 0 Å². The van der Waals surface area contributed by atoms with E-state index in [1.54, 1.807) is 28.8 Å². The van der Waals surface area contributed by atoms with Gasteiger partial charge in [0.25, 0.3) is 0 Å². The molecule has 0 saturated heterocycles. The van der Waals surface area contributed by atoms with Crippen molar-refractivity contribution >= 4 is 32.3 Å². The maximum absolute atomic E-state index is 13.3.